The van der Waals surface area contributed by atoms with Crippen molar-refractivity contribution in [2.24, 2.45) is 0 Å². The van der Waals surface area contributed by atoms with Gasteiger partial charge in [0, 0.05) is 46.8 Å². The molecule has 43 heavy (non-hydrogen) atoms. The smallest absolute Gasteiger partial charge is 0.330 e. The molecule has 0 aromatic heterocycles. The summed E-state index contributed by atoms with van der Waals surface area (Å²) in [5.41, 5.74) is 6.58. The van der Waals surface area contributed by atoms with Gasteiger partial charge >= 0.3 is 11.9 Å². The fourth-order valence-corrected chi connectivity index (χ4v) is 5.84. The summed E-state index contributed by atoms with van der Waals surface area (Å²) in [6.45, 7) is 13.8. The van der Waals surface area contributed by atoms with Crippen molar-refractivity contribution < 1.29 is 23.6 Å². The summed E-state index contributed by atoms with van der Waals surface area (Å²) in [5, 5.41) is 0. The van der Waals surface area contributed by atoms with Gasteiger partial charge in [-0.1, -0.05) is 74.5 Å². The topological polar surface area (TPSA) is 58.9 Å². The first-order valence-electron chi connectivity index (χ1n) is 15.0. The maximum atomic E-state index is 11.9. The van der Waals surface area contributed by atoms with Gasteiger partial charge in [0.05, 0.1) is 25.0 Å². The van der Waals surface area contributed by atoms with Crippen LogP contribution in [0.5, 0.6) is 0 Å². The molecule has 0 atom stereocenters. The lowest BCUT2D eigenvalue weighted by Gasteiger charge is -2.24. The molecule has 0 aliphatic carbocycles. The Morgan fingerprint density at radius 1 is 0.837 bits per heavy atom. The number of fused-ring (bicyclic) bond motifs is 2. The summed E-state index contributed by atoms with van der Waals surface area (Å²) in [7, 11) is 0. The summed E-state index contributed by atoms with van der Waals surface area (Å²) in [4.78, 5) is 26.0. The van der Waals surface area contributed by atoms with Crippen LogP contribution in [0.2, 0.25) is 0 Å². The van der Waals surface area contributed by atoms with E-state index in [1.54, 1.807) is 6.92 Å². The van der Waals surface area contributed by atoms with Gasteiger partial charge in [-0.05, 0) is 51.5 Å². The number of carbonyl (C=O) groups is 2. The minimum Gasteiger partial charge on any atom is -0.466 e. The van der Waals surface area contributed by atoms with Crippen molar-refractivity contribution in [1.82, 2.24) is 0 Å². The predicted octanol–water partition coefficient (Wildman–Crippen LogP) is 7.44. The number of rotatable bonds is 11. The van der Waals surface area contributed by atoms with Crippen molar-refractivity contribution >= 4 is 29.0 Å². The monoisotopic (exact) mass is 579 g/mol. The Kier molecular flexibility index (Phi) is 10.0. The summed E-state index contributed by atoms with van der Waals surface area (Å²) < 4.78 is 12.4. The van der Waals surface area contributed by atoms with Crippen LogP contribution in [0.25, 0.3) is 0 Å². The Morgan fingerprint density at radius 3 is 2.28 bits per heavy atom. The zero-order valence-electron chi connectivity index (χ0n) is 26.2. The van der Waals surface area contributed by atoms with E-state index in [9.17, 15) is 9.59 Å². The van der Waals surface area contributed by atoms with Crippen LogP contribution in [0.15, 0.2) is 109 Å². The molecule has 0 spiro atoms. The van der Waals surface area contributed by atoms with Crippen molar-refractivity contribution in [3.05, 3.63) is 120 Å². The van der Waals surface area contributed by atoms with Crippen LogP contribution in [0.3, 0.4) is 0 Å². The van der Waals surface area contributed by atoms with Crippen LogP contribution in [0, 0.1) is 0 Å². The SMILES string of the molecule is CCOC(=O)/C=C/C[N+]1=C(C=CC=CC=C2N(/C=C/CC(=O)OCC)c3ccccc3C2(C)C)C(C)(C)c2ccccc21. The molecule has 4 rings (SSSR count). The Balaban J connectivity index is 1.61. The van der Waals surface area contributed by atoms with Crippen LogP contribution >= 0.6 is 0 Å². The number of benzene rings is 2. The summed E-state index contributed by atoms with van der Waals surface area (Å²) in [6, 6.07) is 16.8. The van der Waals surface area contributed by atoms with E-state index in [4.69, 9.17) is 9.47 Å². The highest BCUT2D eigenvalue weighted by Crippen LogP contribution is 2.47. The molecule has 0 unspecified atom stereocenters. The fraction of sp³-hybridized carbons (Fsp3) is 0.324. The lowest BCUT2D eigenvalue weighted by atomic mass is 9.81. The van der Waals surface area contributed by atoms with E-state index in [1.807, 2.05) is 43.5 Å². The number of para-hydroxylation sites is 2. The number of anilines is 1. The van der Waals surface area contributed by atoms with Gasteiger partial charge in [0.1, 0.15) is 0 Å². The summed E-state index contributed by atoms with van der Waals surface area (Å²) in [5.74, 6) is -0.565. The number of hydrogen-bond donors (Lipinski definition) is 0. The largest absolute Gasteiger partial charge is 0.466 e. The second-order valence-corrected chi connectivity index (χ2v) is 11.5. The minimum absolute atomic E-state index is 0.202. The average molecular weight is 580 g/mol. The van der Waals surface area contributed by atoms with Gasteiger partial charge < -0.3 is 14.4 Å². The third-order valence-corrected chi connectivity index (χ3v) is 7.94. The normalized spacial score (nSPS) is 18.0. The standard InChI is InChI=1S/C37H43N2O4/c1-7-42-34(40)24-16-26-38-30-20-14-12-18-28(30)36(3,4)32(38)22-10-9-11-23-33-37(5,6)29-19-13-15-21-31(29)39(33)27-17-25-35(41)43-8-2/h9-24,27H,7-8,25-26H2,1-6H3/q+1/b24-16+,27-17+. The predicted molar refractivity (Wildman–Crippen MR) is 174 cm³/mol. The molecule has 0 saturated carbocycles. The molecule has 2 heterocycles. The second kappa shape index (κ2) is 13.7. The quantitative estimate of drug-likeness (QED) is 0.120. The van der Waals surface area contributed by atoms with Gasteiger partial charge in [-0.2, -0.15) is 4.58 Å². The molecule has 0 saturated heterocycles. The Morgan fingerprint density at radius 2 is 1.53 bits per heavy atom. The summed E-state index contributed by atoms with van der Waals surface area (Å²) >= 11 is 0. The molecular weight excluding hydrogens is 536 g/mol. The van der Waals surface area contributed by atoms with E-state index < -0.39 is 0 Å². The van der Waals surface area contributed by atoms with Crippen LogP contribution in [0.4, 0.5) is 11.4 Å². The van der Waals surface area contributed by atoms with Gasteiger partial charge in [0.15, 0.2) is 12.3 Å². The van der Waals surface area contributed by atoms with Crippen molar-refractivity contribution in [3.8, 4) is 0 Å². The molecule has 0 amide bonds. The number of carbonyl (C=O) groups excluding carboxylic acids is 2. The lowest BCUT2D eigenvalue weighted by Crippen LogP contribution is -2.27. The second-order valence-electron chi connectivity index (χ2n) is 11.5. The molecule has 0 fully saturated rings. The minimum atomic E-state index is -0.330. The highest BCUT2D eigenvalue weighted by atomic mass is 16.5. The van der Waals surface area contributed by atoms with Crippen molar-refractivity contribution in [2.45, 2.75) is 58.8 Å². The van der Waals surface area contributed by atoms with Gasteiger partial charge in [-0.25, -0.2) is 4.79 Å². The molecule has 2 aromatic rings. The molecule has 2 aliphatic heterocycles. The molecular formula is C37H43N2O4+. The molecule has 6 nitrogen and oxygen atoms in total. The first-order chi connectivity index (χ1) is 20.6. The van der Waals surface area contributed by atoms with Crippen LogP contribution in [0.1, 0.15) is 59.1 Å². The zero-order chi connectivity index (χ0) is 31.0. The Labute approximate surface area is 256 Å². The molecule has 0 N–H and O–H groups in total. The maximum absolute atomic E-state index is 11.9. The fourth-order valence-electron chi connectivity index (χ4n) is 5.84. The van der Waals surface area contributed by atoms with Crippen LogP contribution in [-0.4, -0.2) is 42.0 Å². The number of ether oxygens (including phenoxy) is 2. The molecule has 6 heteroatoms. The Hall–Kier alpha value is -4.45. The molecule has 2 aliphatic rings. The first kappa shape index (κ1) is 31.5. The maximum Gasteiger partial charge on any atom is 0.330 e. The highest BCUT2D eigenvalue weighted by molar-refractivity contribution is 6.03. The number of esters is 2. The van der Waals surface area contributed by atoms with Gasteiger partial charge in [0.2, 0.25) is 5.69 Å². The number of allylic oxidation sites excluding steroid dienone is 6. The molecule has 2 aromatic carbocycles. The van der Waals surface area contributed by atoms with Gasteiger partial charge in [0.25, 0.3) is 0 Å². The van der Waals surface area contributed by atoms with E-state index in [0.29, 0.717) is 19.8 Å². The van der Waals surface area contributed by atoms with Gasteiger partial charge in [-0.3, -0.25) is 4.79 Å². The number of hydrogen-bond acceptors (Lipinski definition) is 5. The highest BCUT2D eigenvalue weighted by Gasteiger charge is 2.43. The third kappa shape index (κ3) is 6.80. The zero-order valence-corrected chi connectivity index (χ0v) is 26.2. The third-order valence-electron chi connectivity index (χ3n) is 7.94. The van der Waals surface area contributed by atoms with Crippen LogP contribution in [-0.2, 0) is 29.9 Å². The van der Waals surface area contributed by atoms with Crippen molar-refractivity contribution in [3.63, 3.8) is 0 Å². The molecule has 224 valence electrons. The van der Waals surface area contributed by atoms with Crippen molar-refractivity contribution in [1.29, 1.82) is 0 Å². The van der Waals surface area contributed by atoms with E-state index in [1.165, 1.54) is 17.2 Å². The van der Waals surface area contributed by atoms with E-state index in [-0.39, 0.29) is 29.2 Å². The van der Waals surface area contributed by atoms with E-state index in [0.717, 1.165) is 22.8 Å². The average Bonchev–Trinajstić information content (AvgIpc) is 3.32. The Bertz CT molecular complexity index is 1540. The molecule has 0 radical (unpaired) electrons. The summed E-state index contributed by atoms with van der Waals surface area (Å²) in [6.07, 6.45) is 17.9. The van der Waals surface area contributed by atoms with E-state index >= 15 is 0 Å². The molecule has 0 bridgehead atoms. The number of nitrogens with zero attached hydrogens (tertiary/aromatic N) is 2. The van der Waals surface area contributed by atoms with E-state index in [2.05, 4.69) is 97.9 Å². The van der Waals surface area contributed by atoms with Crippen molar-refractivity contribution in [2.75, 3.05) is 24.7 Å². The van der Waals surface area contributed by atoms with Gasteiger partial charge in [-0.15, -0.1) is 0 Å². The first-order valence-corrected chi connectivity index (χ1v) is 15.0. The van der Waals surface area contributed by atoms with Crippen LogP contribution < -0.4 is 4.90 Å². The lowest BCUT2D eigenvalue weighted by molar-refractivity contribution is -0.425.